The van der Waals surface area contributed by atoms with Crippen molar-refractivity contribution >= 4 is 27.5 Å². The molecule has 0 aliphatic carbocycles. The van der Waals surface area contributed by atoms with Crippen LogP contribution in [0, 0.1) is 12.8 Å². The van der Waals surface area contributed by atoms with Gasteiger partial charge in [-0.25, -0.2) is 8.42 Å². The lowest BCUT2D eigenvalue weighted by Gasteiger charge is -2.33. The Labute approximate surface area is 249 Å². The second-order valence-corrected chi connectivity index (χ2v) is 12.3. The van der Waals surface area contributed by atoms with Crippen molar-refractivity contribution in [2.24, 2.45) is 5.92 Å². The number of rotatable bonds is 14. The van der Waals surface area contributed by atoms with E-state index in [4.69, 9.17) is 9.47 Å². The Kier molecular flexibility index (Phi) is 11.4. The number of nitrogens with zero attached hydrogens (tertiary/aromatic N) is 2. The van der Waals surface area contributed by atoms with Crippen LogP contribution in [0.15, 0.2) is 77.7 Å². The molecule has 226 valence electrons. The van der Waals surface area contributed by atoms with Gasteiger partial charge in [0.1, 0.15) is 24.1 Å². The number of nitrogens with one attached hydrogen (secondary N) is 1. The molecule has 0 spiro atoms. The molecule has 0 unspecified atom stereocenters. The van der Waals surface area contributed by atoms with E-state index in [1.54, 1.807) is 55.6 Å². The summed E-state index contributed by atoms with van der Waals surface area (Å²) in [5, 5.41) is 2.93. The molecule has 2 amide bonds. The molecule has 0 bridgehead atoms. The highest BCUT2D eigenvalue weighted by Gasteiger charge is 2.33. The molecule has 1 atom stereocenters. The molecule has 0 saturated heterocycles. The standard InChI is InChI=1S/C32H41N3O6S/c1-7-30(32(37)33-20-23(2)3)34(21-25-10-14-27(40-5)15-11-25)31(36)22-35(26-12-16-28(41-6)17-13-26)42(38,39)29-18-8-24(4)9-19-29/h8-19,23,30H,7,20-22H2,1-6H3,(H,33,37)/t30-/m1/s1. The van der Waals surface area contributed by atoms with Crippen molar-refractivity contribution in [1.82, 2.24) is 10.2 Å². The minimum atomic E-state index is -4.15. The number of benzene rings is 3. The van der Waals surface area contributed by atoms with Gasteiger partial charge in [0.15, 0.2) is 0 Å². The third kappa shape index (κ3) is 8.25. The summed E-state index contributed by atoms with van der Waals surface area (Å²) < 4.78 is 39.5. The number of sulfonamides is 1. The summed E-state index contributed by atoms with van der Waals surface area (Å²) in [6.45, 7) is 7.74. The maximum absolute atomic E-state index is 14.1. The molecule has 0 heterocycles. The van der Waals surface area contributed by atoms with Crippen LogP contribution in [-0.2, 0) is 26.2 Å². The molecule has 0 saturated carbocycles. The minimum Gasteiger partial charge on any atom is -0.497 e. The third-order valence-corrected chi connectivity index (χ3v) is 8.62. The molecular formula is C32H41N3O6S. The molecule has 42 heavy (non-hydrogen) atoms. The zero-order valence-electron chi connectivity index (χ0n) is 25.2. The van der Waals surface area contributed by atoms with Crippen molar-refractivity contribution in [3.63, 3.8) is 0 Å². The van der Waals surface area contributed by atoms with Crippen LogP contribution in [0.3, 0.4) is 0 Å². The largest absolute Gasteiger partial charge is 0.497 e. The number of anilines is 1. The summed E-state index contributed by atoms with van der Waals surface area (Å²) in [6, 6.07) is 19.3. The van der Waals surface area contributed by atoms with Crippen molar-refractivity contribution in [3.05, 3.63) is 83.9 Å². The summed E-state index contributed by atoms with van der Waals surface area (Å²) >= 11 is 0. The molecule has 10 heteroatoms. The normalized spacial score (nSPS) is 12.0. The fourth-order valence-corrected chi connectivity index (χ4v) is 5.80. The van der Waals surface area contributed by atoms with Gasteiger partial charge in [-0.1, -0.05) is 50.6 Å². The fourth-order valence-electron chi connectivity index (χ4n) is 4.38. The highest BCUT2D eigenvalue weighted by molar-refractivity contribution is 7.92. The molecule has 0 fully saturated rings. The molecular weight excluding hydrogens is 554 g/mol. The Bertz CT molecular complexity index is 1420. The number of aryl methyl sites for hydroxylation is 1. The smallest absolute Gasteiger partial charge is 0.264 e. The van der Waals surface area contributed by atoms with E-state index in [2.05, 4.69) is 5.32 Å². The van der Waals surface area contributed by atoms with Crippen LogP contribution in [0.4, 0.5) is 5.69 Å². The molecule has 9 nitrogen and oxygen atoms in total. The van der Waals surface area contributed by atoms with Crippen LogP contribution < -0.4 is 19.1 Å². The lowest BCUT2D eigenvalue weighted by atomic mass is 10.1. The Balaban J connectivity index is 2.04. The minimum absolute atomic E-state index is 0.0557. The van der Waals surface area contributed by atoms with Crippen molar-refractivity contribution in [2.45, 2.75) is 51.6 Å². The first-order valence-electron chi connectivity index (χ1n) is 13.9. The van der Waals surface area contributed by atoms with E-state index in [-0.39, 0.29) is 23.3 Å². The summed E-state index contributed by atoms with van der Waals surface area (Å²) in [6.07, 6.45) is 0.346. The molecule has 3 aromatic carbocycles. The van der Waals surface area contributed by atoms with Crippen LogP contribution in [0.5, 0.6) is 11.5 Å². The van der Waals surface area contributed by atoms with Gasteiger partial charge in [-0.3, -0.25) is 13.9 Å². The van der Waals surface area contributed by atoms with Crippen molar-refractivity contribution in [3.8, 4) is 11.5 Å². The lowest BCUT2D eigenvalue weighted by Crippen LogP contribution is -2.52. The molecule has 0 radical (unpaired) electrons. The van der Waals surface area contributed by atoms with E-state index >= 15 is 0 Å². The fraction of sp³-hybridized carbons (Fsp3) is 0.375. The number of ether oxygens (including phenoxy) is 2. The van der Waals surface area contributed by atoms with Crippen LogP contribution in [0.25, 0.3) is 0 Å². The Morgan fingerprint density at radius 2 is 1.40 bits per heavy atom. The predicted octanol–water partition coefficient (Wildman–Crippen LogP) is 4.79. The SMILES string of the molecule is CC[C@H](C(=O)NCC(C)C)N(Cc1ccc(OC)cc1)C(=O)CN(c1ccc(OC)cc1)S(=O)(=O)c1ccc(C)cc1. The number of hydrogen-bond donors (Lipinski definition) is 1. The summed E-state index contributed by atoms with van der Waals surface area (Å²) in [5.74, 6) is 0.636. The number of hydrogen-bond acceptors (Lipinski definition) is 6. The van der Waals surface area contributed by atoms with Gasteiger partial charge in [0.2, 0.25) is 11.8 Å². The Morgan fingerprint density at radius 3 is 1.90 bits per heavy atom. The highest BCUT2D eigenvalue weighted by Crippen LogP contribution is 2.27. The van der Waals surface area contributed by atoms with E-state index < -0.39 is 28.5 Å². The highest BCUT2D eigenvalue weighted by atomic mass is 32.2. The lowest BCUT2D eigenvalue weighted by molar-refractivity contribution is -0.140. The molecule has 1 N–H and O–H groups in total. The summed E-state index contributed by atoms with van der Waals surface area (Å²) in [4.78, 5) is 29.0. The zero-order chi connectivity index (χ0) is 30.9. The van der Waals surface area contributed by atoms with Crippen molar-refractivity contribution in [2.75, 3.05) is 31.6 Å². The number of amides is 2. The van der Waals surface area contributed by atoms with E-state index in [0.717, 1.165) is 15.4 Å². The van der Waals surface area contributed by atoms with Gasteiger partial charge >= 0.3 is 0 Å². The quantitative estimate of drug-likeness (QED) is 0.288. The van der Waals surface area contributed by atoms with Gasteiger partial charge < -0.3 is 19.7 Å². The number of carbonyl (C=O) groups excluding carboxylic acids is 2. The second kappa shape index (κ2) is 14.7. The van der Waals surface area contributed by atoms with Gasteiger partial charge in [0.25, 0.3) is 10.0 Å². The average Bonchev–Trinajstić information content (AvgIpc) is 2.99. The maximum Gasteiger partial charge on any atom is 0.264 e. The predicted molar refractivity (Wildman–Crippen MR) is 164 cm³/mol. The van der Waals surface area contributed by atoms with E-state index in [1.807, 2.05) is 39.8 Å². The van der Waals surface area contributed by atoms with E-state index in [0.29, 0.717) is 30.2 Å². The second-order valence-electron chi connectivity index (χ2n) is 10.5. The van der Waals surface area contributed by atoms with Gasteiger partial charge in [-0.05, 0) is 73.4 Å². The first-order chi connectivity index (χ1) is 20.0. The summed E-state index contributed by atoms with van der Waals surface area (Å²) in [7, 11) is -1.06. The van der Waals surface area contributed by atoms with Gasteiger partial charge in [-0.15, -0.1) is 0 Å². The molecule has 0 aromatic heterocycles. The van der Waals surface area contributed by atoms with Gasteiger partial charge in [0.05, 0.1) is 24.8 Å². The van der Waals surface area contributed by atoms with Crippen molar-refractivity contribution < 1.29 is 27.5 Å². The Hall–Kier alpha value is -4.05. The molecule has 3 aromatic rings. The van der Waals surface area contributed by atoms with E-state index in [9.17, 15) is 18.0 Å². The van der Waals surface area contributed by atoms with Gasteiger partial charge in [-0.2, -0.15) is 0 Å². The average molecular weight is 596 g/mol. The first kappa shape index (κ1) is 32.5. The van der Waals surface area contributed by atoms with Crippen LogP contribution in [-0.4, -0.2) is 58.5 Å². The van der Waals surface area contributed by atoms with Crippen molar-refractivity contribution in [1.29, 1.82) is 0 Å². The number of methoxy groups -OCH3 is 2. The third-order valence-electron chi connectivity index (χ3n) is 6.83. The molecule has 0 aliphatic rings. The monoisotopic (exact) mass is 595 g/mol. The van der Waals surface area contributed by atoms with Crippen LogP contribution >= 0.6 is 0 Å². The maximum atomic E-state index is 14.1. The molecule has 3 rings (SSSR count). The molecule has 0 aliphatic heterocycles. The van der Waals surface area contributed by atoms with E-state index in [1.165, 1.54) is 24.1 Å². The number of carbonyl (C=O) groups is 2. The summed E-state index contributed by atoms with van der Waals surface area (Å²) in [5.41, 5.74) is 1.98. The van der Waals surface area contributed by atoms with Crippen LogP contribution in [0.2, 0.25) is 0 Å². The zero-order valence-corrected chi connectivity index (χ0v) is 26.0. The topological polar surface area (TPSA) is 105 Å². The Morgan fingerprint density at radius 1 is 0.857 bits per heavy atom. The van der Waals surface area contributed by atoms with Gasteiger partial charge in [0, 0.05) is 13.1 Å². The first-order valence-corrected chi connectivity index (χ1v) is 15.4. The van der Waals surface area contributed by atoms with Crippen LogP contribution in [0.1, 0.15) is 38.3 Å².